The monoisotopic (exact) mass is 320 g/mol. The van der Waals surface area contributed by atoms with E-state index in [2.05, 4.69) is 16.0 Å². The second kappa shape index (κ2) is 8.77. The van der Waals surface area contributed by atoms with Crippen LogP contribution in [0.15, 0.2) is 24.3 Å². The molecule has 0 saturated carbocycles. The van der Waals surface area contributed by atoms with Gasteiger partial charge >= 0.3 is 6.03 Å². The van der Waals surface area contributed by atoms with E-state index in [1.807, 2.05) is 26.0 Å². The largest absolute Gasteiger partial charge is 0.352 e. The van der Waals surface area contributed by atoms with Crippen molar-refractivity contribution in [3.63, 3.8) is 0 Å². The minimum absolute atomic E-state index is 0.0235. The summed E-state index contributed by atoms with van der Waals surface area (Å²) in [4.78, 5) is 34.2. The van der Waals surface area contributed by atoms with E-state index in [0.717, 1.165) is 12.0 Å². The maximum absolute atomic E-state index is 12.2. The van der Waals surface area contributed by atoms with Crippen molar-refractivity contribution in [2.75, 3.05) is 5.32 Å². The smallest absolute Gasteiger partial charge is 0.312 e. The molecule has 7 nitrogen and oxygen atoms in total. The third kappa shape index (κ3) is 6.37. The molecule has 1 aromatic rings. The van der Waals surface area contributed by atoms with Gasteiger partial charge in [-0.1, -0.05) is 32.4 Å². The molecule has 1 aromatic carbocycles. The Balaban J connectivity index is 2.62. The Labute approximate surface area is 136 Å². The highest BCUT2D eigenvalue weighted by Crippen LogP contribution is 2.11. The average molecular weight is 320 g/mol. The summed E-state index contributed by atoms with van der Waals surface area (Å²) >= 11 is 0. The zero-order chi connectivity index (χ0) is 17.4. The van der Waals surface area contributed by atoms with Crippen LogP contribution >= 0.6 is 0 Å². The number of primary amides is 1. The van der Waals surface area contributed by atoms with Gasteiger partial charge in [-0.25, -0.2) is 4.79 Å². The van der Waals surface area contributed by atoms with E-state index >= 15 is 0 Å². The predicted molar refractivity (Wildman–Crippen MR) is 88.6 cm³/mol. The molecule has 5 N–H and O–H groups in total. The van der Waals surface area contributed by atoms with E-state index in [-0.39, 0.29) is 17.7 Å². The van der Waals surface area contributed by atoms with Gasteiger partial charge in [0.2, 0.25) is 11.8 Å². The molecular weight excluding hydrogens is 296 g/mol. The van der Waals surface area contributed by atoms with Crippen molar-refractivity contribution >= 4 is 23.5 Å². The summed E-state index contributed by atoms with van der Waals surface area (Å²) in [5.74, 6) is -0.436. The molecule has 0 aliphatic rings. The van der Waals surface area contributed by atoms with Gasteiger partial charge in [0, 0.05) is 19.2 Å². The lowest BCUT2D eigenvalue weighted by Crippen LogP contribution is -2.51. The van der Waals surface area contributed by atoms with E-state index in [1.165, 1.54) is 6.92 Å². The fourth-order valence-electron chi connectivity index (χ4n) is 2.06. The van der Waals surface area contributed by atoms with Crippen molar-refractivity contribution in [3.8, 4) is 0 Å². The molecule has 0 aliphatic heterocycles. The van der Waals surface area contributed by atoms with Crippen LogP contribution in [0.3, 0.4) is 0 Å². The Bertz CT molecular complexity index is 557. The second-order valence-electron chi connectivity index (χ2n) is 5.47. The van der Waals surface area contributed by atoms with Gasteiger partial charge < -0.3 is 21.7 Å². The fourth-order valence-corrected chi connectivity index (χ4v) is 2.06. The first-order valence-electron chi connectivity index (χ1n) is 7.53. The Morgan fingerprint density at radius 2 is 1.78 bits per heavy atom. The lowest BCUT2D eigenvalue weighted by atomic mass is 9.98. The number of urea groups is 1. The first-order valence-corrected chi connectivity index (χ1v) is 7.53. The standard InChI is InChI=1S/C16H24N4O3/c1-4-10(2)14(20-16(17)23)15(22)18-9-12-5-7-13(8-6-12)19-11(3)21/h5-8,10,14H,4,9H2,1-3H3,(H,18,22)(H,19,21)(H3,17,20,23)/t10-,14+/m1/s1. The van der Waals surface area contributed by atoms with Crippen LogP contribution in [0.2, 0.25) is 0 Å². The van der Waals surface area contributed by atoms with Gasteiger partial charge in [0.1, 0.15) is 6.04 Å². The number of nitrogens with one attached hydrogen (secondary N) is 3. The normalized spacial score (nSPS) is 12.8. The lowest BCUT2D eigenvalue weighted by molar-refractivity contribution is -0.124. The number of nitrogens with two attached hydrogens (primary N) is 1. The number of amides is 4. The summed E-state index contributed by atoms with van der Waals surface area (Å²) in [5, 5.41) is 7.93. The van der Waals surface area contributed by atoms with Crippen LogP contribution in [0.4, 0.5) is 10.5 Å². The van der Waals surface area contributed by atoms with Crippen molar-refractivity contribution < 1.29 is 14.4 Å². The maximum Gasteiger partial charge on any atom is 0.312 e. The SMILES string of the molecule is CC[C@@H](C)[C@H](NC(N)=O)C(=O)NCc1ccc(NC(C)=O)cc1. The zero-order valence-corrected chi connectivity index (χ0v) is 13.7. The van der Waals surface area contributed by atoms with Gasteiger partial charge in [0.15, 0.2) is 0 Å². The Hall–Kier alpha value is -2.57. The average Bonchev–Trinajstić information content (AvgIpc) is 2.50. The lowest BCUT2D eigenvalue weighted by Gasteiger charge is -2.22. The van der Waals surface area contributed by atoms with Crippen molar-refractivity contribution in [1.29, 1.82) is 0 Å². The number of rotatable bonds is 7. The van der Waals surface area contributed by atoms with Gasteiger partial charge in [-0.15, -0.1) is 0 Å². The molecule has 0 heterocycles. The Morgan fingerprint density at radius 1 is 1.17 bits per heavy atom. The molecule has 0 aliphatic carbocycles. The topological polar surface area (TPSA) is 113 Å². The van der Waals surface area contributed by atoms with Crippen LogP contribution in [0.1, 0.15) is 32.8 Å². The number of hydrogen-bond donors (Lipinski definition) is 4. The summed E-state index contributed by atoms with van der Waals surface area (Å²) < 4.78 is 0. The van der Waals surface area contributed by atoms with Gasteiger partial charge in [-0.2, -0.15) is 0 Å². The molecule has 7 heteroatoms. The molecular formula is C16H24N4O3. The van der Waals surface area contributed by atoms with Crippen LogP contribution in [0.25, 0.3) is 0 Å². The van der Waals surface area contributed by atoms with E-state index in [0.29, 0.717) is 12.2 Å². The zero-order valence-electron chi connectivity index (χ0n) is 13.7. The van der Waals surface area contributed by atoms with Crippen LogP contribution in [0, 0.1) is 5.92 Å². The molecule has 23 heavy (non-hydrogen) atoms. The molecule has 4 amide bonds. The Morgan fingerprint density at radius 3 is 2.26 bits per heavy atom. The van der Waals surface area contributed by atoms with Crippen molar-refractivity contribution in [1.82, 2.24) is 10.6 Å². The van der Waals surface area contributed by atoms with E-state index in [1.54, 1.807) is 12.1 Å². The summed E-state index contributed by atoms with van der Waals surface area (Å²) in [6, 6.07) is 5.77. The third-order valence-electron chi connectivity index (χ3n) is 3.53. The third-order valence-corrected chi connectivity index (χ3v) is 3.53. The van der Waals surface area contributed by atoms with Gasteiger partial charge in [-0.3, -0.25) is 9.59 Å². The predicted octanol–water partition coefficient (Wildman–Crippen LogP) is 1.34. The summed E-state index contributed by atoms with van der Waals surface area (Å²) in [6.07, 6.45) is 0.740. The highest BCUT2D eigenvalue weighted by Gasteiger charge is 2.24. The highest BCUT2D eigenvalue weighted by molar-refractivity contribution is 5.88. The van der Waals surface area contributed by atoms with E-state index in [4.69, 9.17) is 5.73 Å². The summed E-state index contributed by atoms with van der Waals surface area (Å²) in [7, 11) is 0. The van der Waals surface area contributed by atoms with Gasteiger partial charge in [0.05, 0.1) is 0 Å². The molecule has 0 unspecified atom stereocenters. The van der Waals surface area contributed by atoms with Crippen molar-refractivity contribution in [3.05, 3.63) is 29.8 Å². The molecule has 0 saturated heterocycles. The highest BCUT2D eigenvalue weighted by atomic mass is 16.2. The first kappa shape index (κ1) is 18.5. The molecule has 0 bridgehead atoms. The van der Waals surface area contributed by atoms with Crippen LogP contribution in [-0.2, 0) is 16.1 Å². The Kier molecular flexibility index (Phi) is 7.05. The van der Waals surface area contributed by atoms with Gasteiger partial charge in [-0.05, 0) is 23.6 Å². The minimum Gasteiger partial charge on any atom is -0.352 e. The second-order valence-corrected chi connectivity index (χ2v) is 5.47. The van der Waals surface area contributed by atoms with Crippen molar-refractivity contribution in [2.45, 2.75) is 39.8 Å². The molecule has 1 rings (SSSR count). The van der Waals surface area contributed by atoms with Gasteiger partial charge in [0.25, 0.3) is 0 Å². The quantitative estimate of drug-likeness (QED) is 0.608. The molecule has 2 atom stereocenters. The number of benzene rings is 1. The van der Waals surface area contributed by atoms with Crippen LogP contribution in [0.5, 0.6) is 0 Å². The van der Waals surface area contributed by atoms with Crippen LogP contribution < -0.4 is 21.7 Å². The van der Waals surface area contributed by atoms with E-state index < -0.39 is 12.1 Å². The fraction of sp³-hybridized carbons (Fsp3) is 0.438. The van der Waals surface area contributed by atoms with E-state index in [9.17, 15) is 14.4 Å². The number of anilines is 1. The number of hydrogen-bond acceptors (Lipinski definition) is 3. The molecule has 0 radical (unpaired) electrons. The summed E-state index contributed by atoms with van der Waals surface area (Å²) in [6.45, 7) is 5.58. The molecule has 126 valence electrons. The number of carbonyl (C=O) groups excluding carboxylic acids is 3. The minimum atomic E-state index is -0.717. The first-order chi connectivity index (χ1) is 10.8. The van der Waals surface area contributed by atoms with Crippen LogP contribution in [-0.4, -0.2) is 23.9 Å². The summed E-state index contributed by atoms with van der Waals surface area (Å²) in [5.41, 5.74) is 6.70. The molecule has 0 aromatic heterocycles. The maximum atomic E-state index is 12.2. The molecule has 0 spiro atoms. The van der Waals surface area contributed by atoms with Crippen molar-refractivity contribution in [2.24, 2.45) is 11.7 Å². The molecule has 0 fully saturated rings. The number of carbonyl (C=O) groups is 3.